The Kier molecular flexibility index (Phi) is 6.12. The zero-order chi connectivity index (χ0) is 19.2. The predicted molar refractivity (Wildman–Crippen MR) is 109 cm³/mol. The van der Waals surface area contributed by atoms with Crippen molar-refractivity contribution >= 4 is 17.4 Å². The number of carbonyl (C=O) groups excluding carboxylic acids is 1. The normalized spacial score (nSPS) is 10.9. The van der Waals surface area contributed by atoms with E-state index in [9.17, 15) is 4.79 Å². The second-order valence-corrected chi connectivity index (χ2v) is 6.83. The second kappa shape index (κ2) is 8.71. The number of rotatable bonds is 8. The summed E-state index contributed by atoms with van der Waals surface area (Å²) in [7, 11) is 1.65. The molecule has 2 aromatic heterocycles. The topological polar surface area (TPSA) is 55.6 Å². The smallest absolute Gasteiger partial charge is 0.225 e. The Balaban J connectivity index is 1.92. The number of benzene rings is 1. The number of pyridine rings is 1. The van der Waals surface area contributed by atoms with Gasteiger partial charge in [-0.2, -0.15) is 0 Å². The zero-order valence-electron chi connectivity index (χ0n) is 16.3. The Hall–Kier alpha value is -2.82. The van der Waals surface area contributed by atoms with Crippen molar-refractivity contribution in [1.29, 1.82) is 0 Å². The molecular weight excluding hydrogens is 338 g/mol. The van der Waals surface area contributed by atoms with Crippen LogP contribution in [0.15, 0.2) is 42.6 Å². The maximum absolute atomic E-state index is 12.5. The van der Waals surface area contributed by atoms with Gasteiger partial charge in [-0.1, -0.05) is 32.3 Å². The van der Waals surface area contributed by atoms with Crippen LogP contribution in [0.1, 0.15) is 44.6 Å². The van der Waals surface area contributed by atoms with Crippen LogP contribution >= 0.6 is 0 Å². The number of nitrogens with zero attached hydrogens (tertiary/aromatic N) is 2. The van der Waals surface area contributed by atoms with Gasteiger partial charge in [-0.25, -0.2) is 4.98 Å². The summed E-state index contributed by atoms with van der Waals surface area (Å²) in [5, 5.41) is 3.10. The van der Waals surface area contributed by atoms with E-state index in [4.69, 9.17) is 9.72 Å². The molecule has 2 heterocycles. The third-order valence-corrected chi connectivity index (χ3v) is 4.65. The van der Waals surface area contributed by atoms with Crippen LogP contribution in [-0.2, 0) is 4.79 Å². The molecule has 0 saturated heterocycles. The Labute approximate surface area is 160 Å². The summed E-state index contributed by atoms with van der Waals surface area (Å²) in [4.78, 5) is 17.3. The molecule has 0 radical (unpaired) electrons. The maximum Gasteiger partial charge on any atom is 0.225 e. The third kappa shape index (κ3) is 4.48. The van der Waals surface area contributed by atoms with Gasteiger partial charge in [-0.05, 0) is 49.2 Å². The predicted octanol–water partition coefficient (Wildman–Crippen LogP) is 5.23. The van der Waals surface area contributed by atoms with Gasteiger partial charge in [-0.15, -0.1) is 0 Å². The van der Waals surface area contributed by atoms with Gasteiger partial charge in [0.2, 0.25) is 5.91 Å². The molecule has 3 rings (SSSR count). The van der Waals surface area contributed by atoms with Crippen LogP contribution in [0.4, 0.5) is 5.82 Å². The largest absolute Gasteiger partial charge is 0.497 e. The van der Waals surface area contributed by atoms with Gasteiger partial charge in [0.25, 0.3) is 0 Å². The summed E-state index contributed by atoms with van der Waals surface area (Å²) in [5.74, 6) is 1.54. The summed E-state index contributed by atoms with van der Waals surface area (Å²) >= 11 is 0. The molecule has 1 amide bonds. The van der Waals surface area contributed by atoms with E-state index in [0.717, 1.165) is 53.3 Å². The van der Waals surface area contributed by atoms with E-state index in [2.05, 4.69) is 12.2 Å². The van der Waals surface area contributed by atoms with Gasteiger partial charge in [0.05, 0.1) is 7.11 Å². The lowest BCUT2D eigenvalue weighted by Crippen LogP contribution is -2.13. The number of aromatic nitrogens is 2. The summed E-state index contributed by atoms with van der Waals surface area (Å²) < 4.78 is 7.20. The summed E-state index contributed by atoms with van der Waals surface area (Å²) in [5.41, 5.74) is 3.64. The lowest BCUT2D eigenvalue weighted by molar-refractivity contribution is -0.116. The van der Waals surface area contributed by atoms with Crippen LogP contribution in [-0.4, -0.2) is 22.4 Å². The van der Waals surface area contributed by atoms with Gasteiger partial charge in [0.1, 0.15) is 22.9 Å². The highest BCUT2D eigenvalue weighted by atomic mass is 16.5. The molecule has 0 fully saturated rings. The molecule has 27 heavy (non-hydrogen) atoms. The fourth-order valence-electron chi connectivity index (χ4n) is 3.13. The first-order chi connectivity index (χ1) is 13.1. The monoisotopic (exact) mass is 365 g/mol. The number of anilines is 1. The Morgan fingerprint density at radius 3 is 2.59 bits per heavy atom. The minimum atomic E-state index is 0.0316. The molecule has 1 N–H and O–H groups in total. The molecule has 0 aliphatic carbocycles. The van der Waals surface area contributed by atoms with E-state index < -0.39 is 0 Å². The number of nitrogens with one attached hydrogen (secondary N) is 1. The third-order valence-electron chi connectivity index (χ3n) is 4.65. The Bertz CT molecular complexity index is 913. The van der Waals surface area contributed by atoms with Gasteiger partial charge in [0.15, 0.2) is 0 Å². The molecule has 0 unspecified atom stereocenters. The summed E-state index contributed by atoms with van der Waals surface area (Å²) in [6.07, 6.45) is 6.85. The van der Waals surface area contributed by atoms with E-state index in [0.29, 0.717) is 6.42 Å². The maximum atomic E-state index is 12.5. The van der Waals surface area contributed by atoms with Gasteiger partial charge < -0.3 is 10.1 Å². The highest BCUT2D eigenvalue weighted by Crippen LogP contribution is 2.30. The van der Waals surface area contributed by atoms with E-state index in [-0.39, 0.29) is 5.91 Å². The minimum Gasteiger partial charge on any atom is -0.497 e. The number of fused-ring (bicyclic) bond motifs is 1. The number of ether oxygens (including phenoxy) is 1. The number of carbonyl (C=O) groups is 1. The SMILES string of the molecule is CCCCCCC(=O)Nc1c(-c2ccc(OC)cc2)nc2ccc(C)cn12. The van der Waals surface area contributed by atoms with E-state index in [1.165, 1.54) is 6.42 Å². The number of hydrogen-bond donors (Lipinski definition) is 1. The molecule has 0 bridgehead atoms. The van der Waals surface area contributed by atoms with Crippen LogP contribution in [0.2, 0.25) is 0 Å². The fraction of sp³-hybridized carbons (Fsp3) is 0.364. The van der Waals surface area contributed by atoms with Crippen LogP contribution in [0, 0.1) is 6.92 Å². The molecule has 0 atom stereocenters. The molecule has 142 valence electrons. The Morgan fingerprint density at radius 2 is 1.89 bits per heavy atom. The number of aryl methyl sites for hydroxylation is 1. The fourth-order valence-corrected chi connectivity index (χ4v) is 3.13. The first-order valence-electron chi connectivity index (χ1n) is 9.55. The van der Waals surface area contributed by atoms with Crippen LogP contribution < -0.4 is 10.1 Å². The van der Waals surface area contributed by atoms with Gasteiger partial charge >= 0.3 is 0 Å². The second-order valence-electron chi connectivity index (χ2n) is 6.83. The standard InChI is InChI=1S/C22H27N3O2/c1-4-5-6-7-8-20(26)24-22-21(17-10-12-18(27-3)13-11-17)23-19-14-9-16(2)15-25(19)22/h9-15H,4-8H2,1-3H3,(H,24,26). The first-order valence-corrected chi connectivity index (χ1v) is 9.55. The van der Waals surface area contributed by atoms with E-state index in [1.54, 1.807) is 7.11 Å². The van der Waals surface area contributed by atoms with Crippen molar-refractivity contribution in [3.63, 3.8) is 0 Å². The quantitative estimate of drug-likeness (QED) is 0.556. The van der Waals surface area contributed by atoms with Crippen LogP contribution in [0.3, 0.4) is 0 Å². The van der Waals surface area contributed by atoms with Crippen molar-refractivity contribution in [2.45, 2.75) is 46.0 Å². The number of unbranched alkanes of at least 4 members (excludes halogenated alkanes) is 3. The number of imidazole rings is 1. The Morgan fingerprint density at radius 1 is 1.11 bits per heavy atom. The summed E-state index contributed by atoms with van der Waals surface area (Å²) in [6, 6.07) is 11.7. The molecule has 0 saturated carbocycles. The zero-order valence-corrected chi connectivity index (χ0v) is 16.3. The number of methoxy groups -OCH3 is 1. The molecule has 3 aromatic rings. The number of hydrogen-bond acceptors (Lipinski definition) is 3. The highest BCUT2D eigenvalue weighted by molar-refractivity contribution is 5.94. The van der Waals surface area contributed by atoms with E-state index in [1.807, 2.05) is 53.9 Å². The van der Waals surface area contributed by atoms with Crippen molar-refractivity contribution < 1.29 is 9.53 Å². The molecule has 0 aliphatic rings. The van der Waals surface area contributed by atoms with E-state index >= 15 is 0 Å². The average Bonchev–Trinajstić information content (AvgIpc) is 3.03. The highest BCUT2D eigenvalue weighted by Gasteiger charge is 2.16. The molecule has 5 heteroatoms. The van der Waals surface area contributed by atoms with Gasteiger partial charge in [0, 0.05) is 18.2 Å². The molecule has 1 aromatic carbocycles. The lowest BCUT2D eigenvalue weighted by Gasteiger charge is -2.09. The van der Waals surface area contributed by atoms with Crippen molar-refractivity contribution in [2.75, 3.05) is 12.4 Å². The summed E-state index contributed by atoms with van der Waals surface area (Å²) in [6.45, 7) is 4.20. The van der Waals surface area contributed by atoms with Crippen molar-refractivity contribution in [3.8, 4) is 17.0 Å². The lowest BCUT2D eigenvalue weighted by atomic mass is 10.1. The molecule has 5 nitrogen and oxygen atoms in total. The van der Waals surface area contributed by atoms with Gasteiger partial charge in [-0.3, -0.25) is 9.20 Å². The molecule has 0 aliphatic heterocycles. The van der Waals surface area contributed by atoms with Crippen molar-refractivity contribution in [3.05, 3.63) is 48.2 Å². The van der Waals surface area contributed by atoms with Crippen molar-refractivity contribution in [1.82, 2.24) is 9.38 Å². The van der Waals surface area contributed by atoms with Crippen molar-refractivity contribution in [2.24, 2.45) is 0 Å². The van der Waals surface area contributed by atoms with Crippen LogP contribution in [0.5, 0.6) is 5.75 Å². The first kappa shape index (κ1) is 19.0. The average molecular weight is 365 g/mol. The van der Waals surface area contributed by atoms with Crippen LogP contribution in [0.25, 0.3) is 16.9 Å². The number of amides is 1. The minimum absolute atomic E-state index is 0.0316. The molecular formula is C22H27N3O2. The molecule has 0 spiro atoms.